The molecule has 0 spiro atoms. The molecule has 18 heavy (non-hydrogen) atoms. The average Bonchev–Trinajstić information content (AvgIpc) is 2.89. The Bertz CT molecular complexity index is 396. The van der Waals surface area contributed by atoms with Crippen molar-refractivity contribution in [2.45, 2.75) is 32.0 Å². The minimum absolute atomic E-state index is 0.0143. The van der Waals surface area contributed by atoms with Crippen LogP contribution >= 0.6 is 15.9 Å². The first-order chi connectivity index (χ1) is 8.66. The maximum Gasteiger partial charge on any atom is 0.191 e. The molecule has 1 aliphatic heterocycles. The first-order valence-corrected chi connectivity index (χ1v) is 6.99. The fourth-order valence-corrected chi connectivity index (χ4v) is 2.22. The molecule has 0 saturated carbocycles. The summed E-state index contributed by atoms with van der Waals surface area (Å²) in [6.45, 7) is 3.10. The van der Waals surface area contributed by atoms with Gasteiger partial charge in [0, 0.05) is 16.6 Å². The van der Waals surface area contributed by atoms with Crippen LogP contribution in [0.2, 0.25) is 0 Å². The highest BCUT2D eigenvalue weighted by atomic mass is 79.9. The Balaban J connectivity index is 1.85. The molecule has 2 rings (SSSR count). The number of ketones is 1. The van der Waals surface area contributed by atoms with Crippen molar-refractivity contribution >= 4 is 21.7 Å². The van der Waals surface area contributed by atoms with Crippen molar-refractivity contribution in [3.63, 3.8) is 0 Å². The maximum atomic E-state index is 12.1. The van der Waals surface area contributed by atoms with E-state index in [1.165, 1.54) is 0 Å². The van der Waals surface area contributed by atoms with E-state index in [-0.39, 0.29) is 11.9 Å². The van der Waals surface area contributed by atoms with Crippen LogP contribution in [0.4, 0.5) is 0 Å². The van der Waals surface area contributed by atoms with Crippen LogP contribution in [0.15, 0.2) is 28.7 Å². The van der Waals surface area contributed by atoms with E-state index in [1.807, 2.05) is 12.1 Å². The van der Waals surface area contributed by atoms with E-state index in [0.717, 1.165) is 23.9 Å². The lowest BCUT2D eigenvalue weighted by atomic mass is 10.1. The van der Waals surface area contributed by atoms with Crippen LogP contribution in [-0.4, -0.2) is 31.2 Å². The van der Waals surface area contributed by atoms with E-state index in [4.69, 9.17) is 9.47 Å². The van der Waals surface area contributed by atoms with Gasteiger partial charge in [-0.1, -0.05) is 28.1 Å². The summed E-state index contributed by atoms with van der Waals surface area (Å²) >= 11 is 3.35. The Morgan fingerprint density at radius 3 is 2.83 bits per heavy atom. The Morgan fingerprint density at radius 1 is 1.50 bits per heavy atom. The largest absolute Gasteiger partial charge is 0.376 e. The number of halogens is 1. The topological polar surface area (TPSA) is 35.5 Å². The average molecular weight is 313 g/mol. The van der Waals surface area contributed by atoms with Crippen molar-refractivity contribution in [3.8, 4) is 0 Å². The van der Waals surface area contributed by atoms with Crippen LogP contribution in [0, 0.1) is 0 Å². The van der Waals surface area contributed by atoms with Gasteiger partial charge in [-0.2, -0.15) is 0 Å². The number of Topliss-reactive ketones (excluding diaryl/α,β-unsaturated/α-hetero) is 1. The van der Waals surface area contributed by atoms with Crippen LogP contribution < -0.4 is 0 Å². The molecule has 4 heteroatoms. The third-order valence-electron chi connectivity index (χ3n) is 3.05. The van der Waals surface area contributed by atoms with Crippen LogP contribution in [0.25, 0.3) is 0 Å². The number of rotatable bonds is 5. The maximum absolute atomic E-state index is 12.1. The van der Waals surface area contributed by atoms with Crippen LogP contribution in [-0.2, 0) is 9.47 Å². The zero-order valence-electron chi connectivity index (χ0n) is 10.4. The molecule has 1 heterocycles. The Kier molecular flexibility index (Phi) is 4.92. The molecule has 3 nitrogen and oxygen atoms in total. The number of hydrogen-bond donors (Lipinski definition) is 0. The lowest BCUT2D eigenvalue weighted by Gasteiger charge is -2.15. The summed E-state index contributed by atoms with van der Waals surface area (Å²) in [6, 6.07) is 7.33. The third-order valence-corrected chi connectivity index (χ3v) is 3.58. The third kappa shape index (κ3) is 3.64. The second-order valence-electron chi connectivity index (χ2n) is 4.48. The minimum Gasteiger partial charge on any atom is -0.376 e. The molecule has 0 amide bonds. The van der Waals surface area contributed by atoms with Crippen molar-refractivity contribution in [1.82, 2.24) is 0 Å². The van der Waals surface area contributed by atoms with Crippen molar-refractivity contribution in [1.29, 1.82) is 0 Å². The normalized spacial score (nSPS) is 20.9. The van der Waals surface area contributed by atoms with Gasteiger partial charge in [-0.05, 0) is 31.9 Å². The van der Waals surface area contributed by atoms with E-state index >= 15 is 0 Å². The van der Waals surface area contributed by atoms with Gasteiger partial charge < -0.3 is 9.47 Å². The fraction of sp³-hybridized carbons (Fsp3) is 0.500. The summed E-state index contributed by atoms with van der Waals surface area (Å²) in [4.78, 5) is 12.1. The molecule has 0 bridgehead atoms. The zero-order chi connectivity index (χ0) is 13.0. The zero-order valence-corrected chi connectivity index (χ0v) is 12.0. The molecule has 0 aromatic heterocycles. The molecule has 1 saturated heterocycles. The Labute approximate surface area is 116 Å². The van der Waals surface area contributed by atoms with Gasteiger partial charge in [0.05, 0.1) is 12.7 Å². The SMILES string of the molecule is CC(OCC1CCCO1)C(=O)c1ccc(Br)cc1. The molecule has 2 unspecified atom stereocenters. The number of hydrogen-bond acceptors (Lipinski definition) is 3. The molecule has 0 radical (unpaired) electrons. The van der Waals surface area contributed by atoms with E-state index in [2.05, 4.69) is 15.9 Å². The summed E-state index contributed by atoms with van der Waals surface area (Å²) in [5.41, 5.74) is 0.679. The monoisotopic (exact) mass is 312 g/mol. The summed E-state index contributed by atoms with van der Waals surface area (Å²) in [5.74, 6) is 0.0143. The summed E-state index contributed by atoms with van der Waals surface area (Å²) in [7, 11) is 0. The van der Waals surface area contributed by atoms with Gasteiger partial charge in [0.15, 0.2) is 5.78 Å². The van der Waals surface area contributed by atoms with Gasteiger partial charge >= 0.3 is 0 Å². The molecule has 0 aliphatic carbocycles. The Hall–Kier alpha value is -0.710. The smallest absolute Gasteiger partial charge is 0.191 e. The summed E-state index contributed by atoms with van der Waals surface area (Å²) < 4.78 is 12.0. The van der Waals surface area contributed by atoms with E-state index in [9.17, 15) is 4.79 Å². The quantitative estimate of drug-likeness (QED) is 0.783. The van der Waals surface area contributed by atoms with Gasteiger partial charge in [-0.3, -0.25) is 4.79 Å². The summed E-state index contributed by atoms with van der Waals surface area (Å²) in [5, 5.41) is 0. The lowest BCUT2D eigenvalue weighted by Crippen LogP contribution is -2.25. The van der Waals surface area contributed by atoms with Crippen LogP contribution in [0.3, 0.4) is 0 Å². The number of carbonyl (C=O) groups excluding carboxylic acids is 1. The van der Waals surface area contributed by atoms with Gasteiger partial charge in [0.25, 0.3) is 0 Å². The van der Waals surface area contributed by atoms with Crippen molar-refractivity contribution in [3.05, 3.63) is 34.3 Å². The first kappa shape index (κ1) is 13.7. The number of ether oxygens (including phenoxy) is 2. The lowest BCUT2D eigenvalue weighted by molar-refractivity contribution is -0.00759. The van der Waals surface area contributed by atoms with E-state index < -0.39 is 6.10 Å². The van der Waals surface area contributed by atoms with Gasteiger partial charge in [0.1, 0.15) is 6.10 Å². The molecule has 1 aromatic rings. The molecule has 0 N–H and O–H groups in total. The number of benzene rings is 1. The highest BCUT2D eigenvalue weighted by Crippen LogP contribution is 2.15. The van der Waals surface area contributed by atoms with Gasteiger partial charge in [-0.15, -0.1) is 0 Å². The highest BCUT2D eigenvalue weighted by Gasteiger charge is 2.20. The molecule has 1 fully saturated rings. The highest BCUT2D eigenvalue weighted by molar-refractivity contribution is 9.10. The molecule has 1 aliphatic rings. The number of carbonyl (C=O) groups is 1. The standard InChI is InChI=1S/C14H17BrO3/c1-10(18-9-13-3-2-8-17-13)14(16)11-4-6-12(15)7-5-11/h4-7,10,13H,2-3,8-9H2,1H3. The second-order valence-corrected chi connectivity index (χ2v) is 5.40. The molecular formula is C14H17BrO3. The Morgan fingerprint density at radius 2 is 2.22 bits per heavy atom. The molecule has 98 valence electrons. The van der Waals surface area contributed by atoms with E-state index in [1.54, 1.807) is 19.1 Å². The first-order valence-electron chi connectivity index (χ1n) is 6.20. The van der Waals surface area contributed by atoms with Crippen LogP contribution in [0.1, 0.15) is 30.1 Å². The molecular weight excluding hydrogens is 296 g/mol. The van der Waals surface area contributed by atoms with Gasteiger partial charge in [0.2, 0.25) is 0 Å². The minimum atomic E-state index is -0.421. The van der Waals surface area contributed by atoms with Crippen molar-refractivity contribution in [2.24, 2.45) is 0 Å². The fourth-order valence-electron chi connectivity index (χ4n) is 1.95. The van der Waals surface area contributed by atoms with Gasteiger partial charge in [-0.25, -0.2) is 0 Å². The van der Waals surface area contributed by atoms with Crippen LogP contribution in [0.5, 0.6) is 0 Å². The molecule has 1 aromatic carbocycles. The second kappa shape index (κ2) is 6.45. The van der Waals surface area contributed by atoms with E-state index in [0.29, 0.717) is 12.2 Å². The van der Waals surface area contributed by atoms with Crippen molar-refractivity contribution < 1.29 is 14.3 Å². The predicted molar refractivity (Wildman–Crippen MR) is 72.9 cm³/mol. The molecule has 2 atom stereocenters. The van der Waals surface area contributed by atoms with Crippen molar-refractivity contribution in [2.75, 3.05) is 13.2 Å². The summed E-state index contributed by atoms with van der Waals surface area (Å²) in [6.07, 6.45) is 1.85. The predicted octanol–water partition coefficient (Wildman–Crippen LogP) is 3.22.